The number of hydrogen-bond acceptors (Lipinski definition) is 1. The highest BCUT2D eigenvalue weighted by molar-refractivity contribution is 9.13. The van der Waals surface area contributed by atoms with Crippen LogP contribution in [0.25, 0.3) is 5.52 Å². The maximum Gasteiger partial charge on any atom is 0.275 e. The van der Waals surface area contributed by atoms with E-state index in [9.17, 15) is 4.79 Å². The molecule has 0 amide bonds. The van der Waals surface area contributed by atoms with Crippen LogP contribution in [0.2, 0.25) is 0 Å². The molecule has 0 bridgehead atoms. The molecule has 0 unspecified atom stereocenters. The lowest BCUT2D eigenvalue weighted by Gasteiger charge is -2.04. The van der Waals surface area contributed by atoms with E-state index in [0.717, 1.165) is 39.7 Å². The van der Waals surface area contributed by atoms with Gasteiger partial charge in [-0.2, -0.15) is 0 Å². The summed E-state index contributed by atoms with van der Waals surface area (Å²) >= 11 is 6.88. The summed E-state index contributed by atoms with van der Waals surface area (Å²) in [5, 5.41) is 0. The molecule has 0 atom stereocenters. The number of aromatic nitrogens is 2. The predicted molar refractivity (Wildman–Crippen MR) is 65.4 cm³/mol. The largest absolute Gasteiger partial charge is 0.309 e. The Morgan fingerprint density at radius 3 is 2.93 bits per heavy atom. The summed E-state index contributed by atoms with van der Waals surface area (Å²) in [7, 11) is 0. The van der Waals surface area contributed by atoms with Crippen LogP contribution >= 0.6 is 31.9 Å². The van der Waals surface area contributed by atoms with Gasteiger partial charge in [-0.05, 0) is 50.8 Å². The second kappa shape index (κ2) is 3.22. The number of rotatable bonds is 0. The van der Waals surface area contributed by atoms with Crippen molar-refractivity contribution in [3.8, 4) is 0 Å². The van der Waals surface area contributed by atoms with Gasteiger partial charge < -0.3 is 8.97 Å². The molecular formula is C10H8Br2N2O. The monoisotopic (exact) mass is 330 g/mol. The highest BCUT2D eigenvalue weighted by Crippen LogP contribution is 2.27. The van der Waals surface area contributed by atoms with E-state index in [2.05, 4.69) is 31.9 Å². The van der Waals surface area contributed by atoms with Crippen molar-refractivity contribution in [2.24, 2.45) is 0 Å². The van der Waals surface area contributed by atoms with E-state index in [0.29, 0.717) is 0 Å². The van der Waals surface area contributed by atoms with E-state index in [4.69, 9.17) is 0 Å². The Bertz CT molecular complexity index is 612. The van der Waals surface area contributed by atoms with Gasteiger partial charge in [0, 0.05) is 18.4 Å². The summed E-state index contributed by atoms with van der Waals surface area (Å²) in [5.41, 5.74) is 1.95. The lowest BCUT2D eigenvalue weighted by Crippen LogP contribution is -2.21. The molecule has 1 aliphatic heterocycles. The summed E-state index contributed by atoms with van der Waals surface area (Å²) in [5.74, 6) is 0. The average Bonchev–Trinajstić information content (AvgIpc) is 2.77. The van der Waals surface area contributed by atoms with E-state index >= 15 is 0 Å². The molecule has 0 radical (unpaired) electrons. The second-order valence-electron chi connectivity index (χ2n) is 3.72. The summed E-state index contributed by atoms with van der Waals surface area (Å²) in [6.07, 6.45) is 4.10. The van der Waals surface area contributed by atoms with Gasteiger partial charge in [-0.3, -0.25) is 4.79 Å². The highest BCUT2D eigenvalue weighted by atomic mass is 79.9. The zero-order chi connectivity index (χ0) is 10.6. The van der Waals surface area contributed by atoms with Crippen LogP contribution in [0.4, 0.5) is 0 Å². The van der Waals surface area contributed by atoms with Crippen LogP contribution in [-0.2, 0) is 13.0 Å². The molecule has 0 spiro atoms. The van der Waals surface area contributed by atoms with Crippen LogP contribution in [0, 0.1) is 0 Å². The van der Waals surface area contributed by atoms with Gasteiger partial charge in [0.15, 0.2) is 0 Å². The number of hydrogen-bond donors (Lipinski definition) is 0. The molecular weight excluding hydrogens is 324 g/mol. The number of aryl methyl sites for hydroxylation is 1. The average molecular weight is 332 g/mol. The molecule has 3 rings (SSSR count). The fourth-order valence-electron chi connectivity index (χ4n) is 2.11. The molecule has 0 saturated heterocycles. The fraction of sp³-hybridized carbons (Fsp3) is 0.300. The fourth-order valence-corrected chi connectivity index (χ4v) is 2.93. The Labute approximate surface area is 103 Å². The van der Waals surface area contributed by atoms with Crippen LogP contribution in [-0.4, -0.2) is 8.97 Å². The van der Waals surface area contributed by atoms with Crippen molar-refractivity contribution in [2.75, 3.05) is 0 Å². The summed E-state index contributed by atoms with van der Waals surface area (Å²) in [6.45, 7) is 0.852. The first-order valence-electron chi connectivity index (χ1n) is 4.77. The van der Waals surface area contributed by atoms with Crippen molar-refractivity contribution in [3.05, 3.63) is 37.4 Å². The zero-order valence-electron chi connectivity index (χ0n) is 7.83. The normalized spacial score (nSPS) is 14.8. The highest BCUT2D eigenvalue weighted by Gasteiger charge is 2.17. The third-order valence-electron chi connectivity index (χ3n) is 2.84. The van der Waals surface area contributed by atoms with Gasteiger partial charge >= 0.3 is 0 Å². The Balaban J connectivity index is 2.51. The van der Waals surface area contributed by atoms with E-state index in [-0.39, 0.29) is 5.56 Å². The standard InChI is InChI=1S/C10H8Br2N2O/c11-7-4-8-10(15)13-3-1-2-6(13)5-14(8)9(7)12/h4-5H,1-3H2. The SMILES string of the molecule is O=c1c2cc(Br)c(Br)n2cc2n1CCC2. The maximum atomic E-state index is 12.1. The van der Waals surface area contributed by atoms with Crippen LogP contribution in [0.15, 0.2) is 26.1 Å². The quantitative estimate of drug-likeness (QED) is 0.728. The molecule has 15 heavy (non-hydrogen) atoms. The molecule has 0 aliphatic carbocycles. The molecule has 0 N–H and O–H groups in total. The van der Waals surface area contributed by atoms with E-state index < -0.39 is 0 Å². The van der Waals surface area contributed by atoms with Gasteiger partial charge in [-0.25, -0.2) is 0 Å². The molecule has 2 aromatic rings. The molecule has 5 heteroatoms. The molecule has 78 valence electrons. The van der Waals surface area contributed by atoms with Crippen LogP contribution in [0.5, 0.6) is 0 Å². The number of halogens is 2. The lowest BCUT2D eigenvalue weighted by molar-refractivity contribution is 0.719. The van der Waals surface area contributed by atoms with Gasteiger partial charge in [0.1, 0.15) is 10.1 Å². The molecule has 0 aromatic carbocycles. The smallest absolute Gasteiger partial charge is 0.275 e. The number of fused-ring (bicyclic) bond motifs is 2. The first-order valence-corrected chi connectivity index (χ1v) is 6.36. The first-order chi connectivity index (χ1) is 7.18. The Morgan fingerprint density at radius 1 is 1.33 bits per heavy atom. The third-order valence-corrected chi connectivity index (χ3v) is 4.78. The van der Waals surface area contributed by atoms with Gasteiger partial charge in [-0.15, -0.1) is 0 Å². The Hall–Kier alpha value is -0.550. The van der Waals surface area contributed by atoms with Crippen molar-refractivity contribution in [1.82, 2.24) is 8.97 Å². The number of nitrogens with zero attached hydrogens (tertiary/aromatic N) is 2. The van der Waals surface area contributed by atoms with Crippen molar-refractivity contribution in [2.45, 2.75) is 19.4 Å². The second-order valence-corrected chi connectivity index (χ2v) is 5.32. The van der Waals surface area contributed by atoms with E-state index in [1.807, 2.05) is 21.2 Å². The summed E-state index contributed by atoms with van der Waals surface area (Å²) < 4.78 is 5.60. The van der Waals surface area contributed by atoms with Crippen molar-refractivity contribution >= 4 is 37.4 Å². The molecule has 1 aliphatic rings. The molecule has 2 aromatic heterocycles. The van der Waals surface area contributed by atoms with Gasteiger partial charge in [0.2, 0.25) is 0 Å². The minimum Gasteiger partial charge on any atom is -0.309 e. The van der Waals surface area contributed by atoms with Crippen LogP contribution < -0.4 is 5.56 Å². The zero-order valence-corrected chi connectivity index (χ0v) is 11.0. The topological polar surface area (TPSA) is 26.4 Å². The van der Waals surface area contributed by atoms with Crippen LogP contribution in [0.1, 0.15) is 12.1 Å². The van der Waals surface area contributed by atoms with E-state index in [1.165, 1.54) is 0 Å². The minimum absolute atomic E-state index is 0.108. The van der Waals surface area contributed by atoms with E-state index in [1.54, 1.807) is 0 Å². The minimum atomic E-state index is 0.108. The molecule has 0 fully saturated rings. The maximum absolute atomic E-state index is 12.1. The summed E-state index contributed by atoms with van der Waals surface area (Å²) in [4.78, 5) is 12.1. The summed E-state index contributed by atoms with van der Waals surface area (Å²) in [6, 6.07) is 1.86. The van der Waals surface area contributed by atoms with Crippen molar-refractivity contribution < 1.29 is 0 Å². The molecule has 3 nitrogen and oxygen atoms in total. The van der Waals surface area contributed by atoms with Crippen molar-refractivity contribution in [3.63, 3.8) is 0 Å². The van der Waals surface area contributed by atoms with Crippen molar-refractivity contribution in [1.29, 1.82) is 0 Å². The molecule has 3 heterocycles. The Morgan fingerprint density at radius 2 is 2.13 bits per heavy atom. The third kappa shape index (κ3) is 1.26. The first kappa shape index (κ1) is 9.66. The van der Waals surface area contributed by atoms with Gasteiger partial charge in [0.05, 0.1) is 4.47 Å². The molecule has 0 saturated carbocycles. The predicted octanol–water partition coefficient (Wildman–Crippen LogP) is 2.57. The lowest BCUT2D eigenvalue weighted by atomic mass is 10.3. The van der Waals surface area contributed by atoms with Gasteiger partial charge in [-0.1, -0.05) is 0 Å². The van der Waals surface area contributed by atoms with Crippen LogP contribution in [0.3, 0.4) is 0 Å². The van der Waals surface area contributed by atoms with Gasteiger partial charge in [0.25, 0.3) is 5.56 Å². The Kier molecular flexibility index (Phi) is 2.07.